The molecular weight excluding hydrogens is 1340 g/mol. The van der Waals surface area contributed by atoms with Gasteiger partial charge in [-0.2, -0.15) is 0 Å². The van der Waals surface area contributed by atoms with Crippen LogP contribution in [0.2, 0.25) is 0 Å². The van der Waals surface area contributed by atoms with E-state index < -0.39 is 0 Å². The molecule has 484 valence electrons. The Hall–Kier alpha value is -7.33. The van der Waals surface area contributed by atoms with Crippen molar-refractivity contribution >= 4 is 99.9 Å². The van der Waals surface area contributed by atoms with Gasteiger partial charge in [0.05, 0.1) is 44.7 Å². The zero-order valence-corrected chi connectivity index (χ0v) is 56.2. The molecule has 5 aliphatic rings. The molecular formula is C75H83N2O14W-. The molecule has 92 heavy (non-hydrogen) atoms. The molecule has 16 nitrogen and oxygen atoms in total. The summed E-state index contributed by atoms with van der Waals surface area (Å²) in [5.74, 6) is 1.84. The molecule has 14 rings (SSSR count). The second-order valence-electron chi connectivity index (χ2n) is 24.9. The quantitative estimate of drug-likeness (QED) is 0.0474. The first-order valence-corrected chi connectivity index (χ1v) is 32.3. The van der Waals surface area contributed by atoms with Gasteiger partial charge in [-0.25, -0.2) is 0 Å². The standard InChI is InChI=1S/2C26H29NO5.C22H22O4.CH3.W/c2*1-27(18-8-11-30-12-9-18)10-13-31-20-4-6-21-17(14-20)2-7-25-26(21)23(16-32-25)22-5-3-19(28)15-24(22)29;1-2-3-10-25-16-6-8-17-14(11-16)4-9-21-22(17)19(13-26-21)18-7-5-15(23)12-20(18)24;;/h2*2,4,6-7,14,16,18,22H,3,5,8-13,15H2,1H3;4,6,8-9,11,13,18H,2-3,5,7,10,12H2,1H3;1H3;/q;;;-1;. The Bertz CT molecular complexity index is 3930. The van der Waals surface area contributed by atoms with E-state index in [-0.39, 0.29) is 100 Å². The normalized spacial score (nSPS) is 19.3. The van der Waals surface area contributed by atoms with Gasteiger partial charge in [0, 0.05) is 143 Å². The van der Waals surface area contributed by atoms with Crippen molar-refractivity contribution < 1.29 is 86.8 Å². The van der Waals surface area contributed by atoms with Crippen LogP contribution < -0.4 is 14.2 Å². The maximum absolute atomic E-state index is 12.5. The number of hydrogen-bond donors (Lipinski definition) is 0. The first-order chi connectivity index (χ1) is 43.9. The molecule has 3 saturated carbocycles. The molecule has 5 heterocycles. The third-order valence-corrected chi connectivity index (χ3v) is 19.0. The number of unbranched alkanes of at least 4 members (excludes halogenated alkanes) is 1. The van der Waals surface area contributed by atoms with Crippen LogP contribution in [0.25, 0.3) is 65.2 Å². The molecule has 9 aromatic rings. The fourth-order valence-corrected chi connectivity index (χ4v) is 13.8. The minimum Gasteiger partial charge on any atom is -0.494 e. The number of rotatable bonds is 17. The zero-order chi connectivity index (χ0) is 62.3. The molecule has 0 N–H and O–H groups in total. The topological polar surface area (TPSA) is 194 Å². The van der Waals surface area contributed by atoms with E-state index in [1.165, 1.54) is 0 Å². The average molecular weight is 1420 g/mol. The minimum absolute atomic E-state index is 0. The fourth-order valence-electron chi connectivity index (χ4n) is 13.8. The van der Waals surface area contributed by atoms with Crippen molar-refractivity contribution in [3.63, 3.8) is 0 Å². The summed E-state index contributed by atoms with van der Waals surface area (Å²) in [6, 6.07) is 31.2. The summed E-state index contributed by atoms with van der Waals surface area (Å²) >= 11 is 0. The molecule has 3 aromatic heterocycles. The second kappa shape index (κ2) is 31.1. The molecule has 3 unspecified atom stereocenters. The summed E-state index contributed by atoms with van der Waals surface area (Å²) in [5, 5.41) is 9.24. The van der Waals surface area contributed by atoms with E-state index in [0.717, 1.165) is 177 Å². The first kappa shape index (κ1) is 67.6. The van der Waals surface area contributed by atoms with Gasteiger partial charge in [-0.05, 0) is 171 Å². The van der Waals surface area contributed by atoms with Crippen molar-refractivity contribution in [2.24, 2.45) is 0 Å². The van der Waals surface area contributed by atoms with Crippen LogP contribution >= 0.6 is 0 Å². The van der Waals surface area contributed by atoms with E-state index in [2.05, 4.69) is 30.8 Å². The SMILES string of the molecule is CCCCOc1ccc2c(ccc3occ(C4CCC(=O)CC4=O)c32)c1.CN(CCOc1ccc2c(ccc3occ(C4CCC(=O)CC4=O)c32)c1)C1CCOCC1.CN(CCOc1ccc2c(ccc3occ(C4CCC(=O)CC4=O)c32)c1)C1CCOCC1.[CH3-].[W]. The van der Waals surface area contributed by atoms with Gasteiger partial charge in [0.15, 0.2) is 0 Å². The van der Waals surface area contributed by atoms with Gasteiger partial charge in [-0.1, -0.05) is 31.5 Å². The van der Waals surface area contributed by atoms with E-state index >= 15 is 0 Å². The average Bonchev–Trinajstić information content (AvgIpc) is 1.57. The van der Waals surface area contributed by atoms with Crippen LogP contribution in [-0.4, -0.2) is 130 Å². The maximum Gasteiger partial charge on any atom is 0.147 e. The van der Waals surface area contributed by atoms with Gasteiger partial charge in [-0.15, -0.1) is 0 Å². The molecule has 0 spiro atoms. The molecule has 3 aliphatic carbocycles. The van der Waals surface area contributed by atoms with Crippen molar-refractivity contribution in [1.82, 2.24) is 9.80 Å². The van der Waals surface area contributed by atoms with Gasteiger partial charge < -0.3 is 44.4 Å². The number of Topliss-reactive ketones (excluding diaryl/α,β-unsaturated/α-hetero) is 6. The van der Waals surface area contributed by atoms with Crippen molar-refractivity contribution in [2.75, 3.05) is 73.4 Å². The third kappa shape index (κ3) is 15.3. The molecule has 0 amide bonds. The van der Waals surface area contributed by atoms with Crippen molar-refractivity contribution in [2.45, 2.75) is 133 Å². The number of likely N-dealkylation sites (N-methyl/N-ethyl adjacent to an activating group) is 2. The number of fused-ring (bicyclic) bond motifs is 9. The number of nitrogens with zero attached hydrogens (tertiary/aromatic N) is 2. The Morgan fingerprint density at radius 2 is 0.761 bits per heavy atom. The van der Waals surface area contributed by atoms with Crippen LogP contribution in [0.5, 0.6) is 17.2 Å². The molecule has 6 aromatic carbocycles. The molecule has 3 atom stereocenters. The van der Waals surface area contributed by atoms with Crippen LogP contribution in [0, 0.1) is 7.43 Å². The maximum atomic E-state index is 12.5. The van der Waals surface area contributed by atoms with Crippen molar-refractivity contribution in [3.8, 4) is 17.2 Å². The van der Waals surface area contributed by atoms with Crippen molar-refractivity contribution in [3.05, 3.63) is 134 Å². The number of carbonyl (C=O) groups is 6. The number of ether oxygens (including phenoxy) is 5. The van der Waals surface area contributed by atoms with Crippen molar-refractivity contribution in [1.29, 1.82) is 0 Å². The van der Waals surface area contributed by atoms with E-state index in [4.69, 9.17) is 36.9 Å². The zero-order valence-electron chi connectivity index (χ0n) is 53.3. The molecule has 2 aliphatic heterocycles. The number of hydrogen-bond acceptors (Lipinski definition) is 16. The Morgan fingerprint density at radius 3 is 1.08 bits per heavy atom. The summed E-state index contributed by atoms with van der Waals surface area (Å²) in [4.78, 5) is 77.0. The molecule has 0 bridgehead atoms. The van der Waals surface area contributed by atoms with Gasteiger partial charge >= 0.3 is 0 Å². The van der Waals surface area contributed by atoms with Gasteiger partial charge in [-0.3, -0.25) is 38.6 Å². The van der Waals surface area contributed by atoms with Crippen LogP contribution in [0.4, 0.5) is 0 Å². The summed E-state index contributed by atoms with van der Waals surface area (Å²) in [7, 11) is 4.30. The van der Waals surface area contributed by atoms with E-state index in [1.54, 1.807) is 18.8 Å². The largest absolute Gasteiger partial charge is 0.494 e. The molecule has 0 radical (unpaired) electrons. The smallest absolute Gasteiger partial charge is 0.147 e. The molecule has 2 saturated heterocycles. The number of carbonyl (C=O) groups excluding carboxylic acids is 6. The van der Waals surface area contributed by atoms with Gasteiger partial charge in [0.1, 0.15) is 81.9 Å². The molecule has 5 fully saturated rings. The number of benzene rings is 6. The van der Waals surface area contributed by atoms with Crippen LogP contribution in [0.3, 0.4) is 0 Å². The summed E-state index contributed by atoms with van der Waals surface area (Å²) in [5.41, 5.74) is 5.01. The Kier molecular flexibility index (Phi) is 22.8. The minimum atomic E-state index is -0.267. The van der Waals surface area contributed by atoms with E-state index in [0.29, 0.717) is 70.4 Å². The van der Waals surface area contributed by atoms with E-state index in [9.17, 15) is 28.8 Å². The number of ketones is 6. The van der Waals surface area contributed by atoms with Gasteiger partial charge in [0.2, 0.25) is 0 Å². The summed E-state index contributed by atoms with van der Waals surface area (Å²) in [6.07, 6.45) is 14.7. The van der Waals surface area contributed by atoms with Gasteiger partial charge in [0.25, 0.3) is 0 Å². The summed E-state index contributed by atoms with van der Waals surface area (Å²) < 4.78 is 46.1. The predicted molar refractivity (Wildman–Crippen MR) is 352 cm³/mol. The third-order valence-electron chi connectivity index (χ3n) is 19.0. The van der Waals surface area contributed by atoms with Crippen LogP contribution in [-0.2, 0) is 59.3 Å². The monoisotopic (exact) mass is 1420 g/mol. The number of furan rings is 3. The molecule has 17 heteroatoms. The van der Waals surface area contributed by atoms with E-state index in [1.807, 2.05) is 91.0 Å². The fraction of sp³-hybridized carbons (Fsp3) is 0.427. The summed E-state index contributed by atoms with van der Waals surface area (Å²) in [6.45, 7) is 9.22. The second-order valence-corrected chi connectivity index (χ2v) is 24.9. The first-order valence-electron chi connectivity index (χ1n) is 32.3. The Morgan fingerprint density at radius 1 is 0.435 bits per heavy atom. The Balaban J connectivity index is 0.000000151. The van der Waals surface area contributed by atoms with Crippen LogP contribution in [0.15, 0.2) is 123 Å². The van der Waals surface area contributed by atoms with Crippen LogP contribution in [0.1, 0.15) is 138 Å². The predicted octanol–water partition coefficient (Wildman–Crippen LogP) is 14.6. The Labute approximate surface area is 551 Å².